The maximum Gasteiger partial charge on any atom is 0.208 e. The van der Waals surface area contributed by atoms with Gasteiger partial charge in [-0.1, -0.05) is 12.1 Å². The highest BCUT2D eigenvalue weighted by molar-refractivity contribution is 7.88. The number of aryl methyl sites for hydroxylation is 1. The number of benzene rings is 1. The van der Waals surface area contributed by atoms with Crippen molar-refractivity contribution in [2.24, 2.45) is 0 Å². The molecule has 16 heavy (non-hydrogen) atoms. The second kappa shape index (κ2) is 5.86. The average Bonchev–Trinajstić information content (AvgIpc) is 2.23. The summed E-state index contributed by atoms with van der Waals surface area (Å²) in [6.45, 7) is 0.468. The minimum Gasteiger partial charge on any atom is -0.497 e. The molecule has 0 aromatic heterocycles. The summed E-state index contributed by atoms with van der Waals surface area (Å²) in [4.78, 5) is 0. The van der Waals surface area contributed by atoms with Gasteiger partial charge in [-0.2, -0.15) is 0 Å². The molecular weight excluding hydrogens is 226 g/mol. The van der Waals surface area contributed by atoms with E-state index in [2.05, 4.69) is 4.72 Å². The van der Waals surface area contributed by atoms with Crippen molar-refractivity contribution >= 4 is 10.0 Å². The molecule has 0 aliphatic carbocycles. The Labute approximate surface area is 96.7 Å². The average molecular weight is 243 g/mol. The molecule has 1 N–H and O–H groups in total. The zero-order valence-corrected chi connectivity index (χ0v) is 10.4. The third-order valence-corrected chi connectivity index (χ3v) is 2.87. The van der Waals surface area contributed by atoms with E-state index in [4.69, 9.17) is 4.74 Å². The minimum atomic E-state index is -3.07. The molecule has 0 aliphatic heterocycles. The monoisotopic (exact) mass is 243 g/mol. The van der Waals surface area contributed by atoms with Crippen LogP contribution >= 0.6 is 0 Å². The first kappa shape index (κ1) is 13.0. The Morgan fingerprint density at radius 3 is 2.75 bits per heavy atom. The van der Waals surface area contributed by atoms with E-state index in [-0.39, 0.29) is 0 Å². The van der Waals surface area contributed by atoms with E-state index in [1.54, 1.807) is 7.11 Å². The Hall–Kier alpha value is -1.07. The molecular formula is C11H17NO3S. The van der Waals surface area contributed by atoms with Crippen molar-refractivity contribution in [2.75, 3.05) is 19.9 Å². The Balaban J connectivity index is 2.37. The maximum atomic E-state index is 10.8. The summed E-state index contributed by atoms with van der Waals surface area (Å²) in [5.74, 6) is 0.827. The van der Waals surface area contributed by atoms with Crippen molar-refractivity contribution in [3.8, 4) is 5.75 Å². The van der Waals surface area contributed by atoms with Gasteiger partial charge in [-0.25, -0.2) is 13.1 Å². The van der Waals surface area contributed by atoms with Crippen LogP contribution in [0.4, 0.5) is 0 Å². The quantitative estimate of drug-likeness (QED) is 0.763. The van der Waals surface area contributed by atoms with E-state index in [1.807, 2.05) is 24.3 Å². The first-order chi connectivity index (χ1) is 7.51. The molecule has 0 atom stereocenters. The number of hydrogen-bond acceptors (Lipinski definition) is 3. The van der Waals surface area contributed by atoms with Gasteiger partial charge in [0, 0.05) is 6.54 Å². The van der Waals surface area contributed by atoms with Crippen molar-refractivity contribution in [3.63, 3.8) is 0 Å². The predicted molar refractivity (Wildman–Crippen MR) is 64.2 cm³/mol. The van der Waals surface area contributed by atoms with Crippen molar-refractivity contribution < 1.29 is 13.2 Å². The van der Waals surface area contributed by atoms with Crippen molar-refractivity contribution in [3.05, 3.63) is 29.8 Å². The molecule has 5 heteroatoms. The van der Waals surface area contributed by atoms with Crippen LogP contribution in [-0.2, 0) is 16.4 Å². The highest BCUT2D eigenvalue weighted by Crippen LogP contribution is 2.13. The van der Waals surface area contributed by atoms with Gasteiger partial charge in [0.2, 0.25) is 10.0 Å². The highest BCUT2D eigenvalue weighted by atomic mass is 32.2. The SMILES string of the molecule is COc1cccc(CCCNS(C)(=O)=O)c1. The summed E-state index contributed by atoms with van der Waals surface area (Å²) < 4.78 is 29.2. The fourth-order valence-corrected chi connectivity index (χ4v) is 1.89. The van der Waals surface area contributed by atoms with Crippen molar-refractivity contribution in [1.29, 1.82) is 0 Å². The van der Waals surface area contributed by atoms with Gasteiger partial charge in [-0.05, 0) is 30.5 Å². The van der Waals surface area contributed by atoms with Gasteiger partial charge in [0.25, 0.3) is 0 Å². The van der Waals surface area contributed by atoms with Gasteiger partial charge in [0.1, 0.15) is 5.75 Å². The van der Waals surface area contributed by atoms with Gasteiger partial charge >= 0.3 is 0 Å². The molecule has 0 saturated heterocycles. The standard InChI is InChI=1S/C11H17NO3S/c1-15-11-7-3-5-10(9-11)6-4-8-12-16(2,13)14/h3,5,7,9,12H,4,6,8H2,1-2H3. The third kappa shape index (κ3) is 5.14. The molecule has 90 valence electrons. The lowest BCUT2D eigenvalue weighted by molar-refractivity contribution is 0.414. The Morgan fingerprint density at radius 1 is 1.38 bits per heavy atom. The number of sulfonamides is 1. The lowest BCUT2D eigenvalue weighted by Gasteiger charge is -2.05. The molecule has 0 heterocycles. The molecule has 0 bridgehead atoms. The summed E-state index contributed by atoms with van der Waals surface area (Å²) >= 11 is 0. The van der Waals surface area contributed by atoms with Crippen LogP contribution in [0.25, 0.3) is 0 Å². The number of ether oxygens (including phenoxy) is 1. The Morgan fingerprint density at radius 2 is 2.12 bits per heavy atom. The molecule has 0 aliphatic rings. The van der Waals surface area contributed by atoms with Gasteiger partial charge in [0.05, 0.1) is 13.4 Å². The van der Waals surface area contributed by atoms with Crippen LogP contribution < -0.4 is 9.46 Å². The Kier molecular flexibility index (Phi) is 4.76. The molecule has 0 fully saturated rings. The minimum absolute atomic E-state index is 0.468. The van der Waals surface area contributed by atoms with Crippen molar-refractivity contribution in [1.82, 2.24) is 4.72 Å². The molecule has 0 spiro atoms. The molecule has 4 nitrogen and oxygen atoms in total. The summed E-state index contributed by atoms with van der Waals surface area (Å²) in [6, 6.07) is 7.78. The lowest BCUT2D eigenvalue weighted by atomic mass is 10.1. The lowest BCUT2D eigenvalue weighted by Crippen LogP contribution is -2.23. The predicted octanol–water partition coefficient (Wildman–Crippen LogP) is 1.18. The number of hydrogen-bond donors (Lipinski definition) is 1. The van der Waals surface area contributed by atoms with Crippen molar-refractivity contribution in [2.45, 2.75) is 12.8 Å². The van der Waals surface area contributed by atoms with Crippen LogP contribution in [0.5, 0.6) is 5.75 Å². The molecule has 0 unspecified atom stereocenters. The first-order valence-electron chi connectivity index (χ1n) is 5.09. The number of rotatable bonds is 6. The number of methoxy groups -OCH3 is 1. The maximum absolute atomic E-state index is 10.8. The van der Waals surface area contributed by atoms with Crippen LogP contribution in [0.2, 0.25) is 0 Å². The first-order valence-corrected chi connectivity index (χ1v) is 6.98. The van der Waals surface area contributed by atoms with E-state index in [9.17, 15) is 8.42 Å². The fourth-order valence-electron chi connectivity index (χ4n) is 1.38. The van der Waals surface area contributed by atoms with E-state index < -0.39 is 10.0 Å². The molecule has 0 radical (unpaired) electrons. The van der Waals surface area contributed by atoms with Gasteiger partial charge in [0.15, 0.2) is 0 Å². The molecule has 1 rings (SSSR count). The van der Waals surface area contributed by atoms with E-state index >= 15 is 0 Å². The fraction of sp³-hybridized carbons (Fsp3) is 0.455. The molecule has 0 saturated carbocycles. The summed E-state index contributed by atoms with van der Waals surface area (Å²) in [6.07, 6.45) is 2.78. The highest BCUT2D eigenvalue weighted by Gasteiger charge is 2.00. The molecule has 0 amide bonds. The summed E-state index contributed by atoms with van der Waals surface area (Å²) in [7, 11) is -1.44. The summed E-state index contributed by atoms with van der Waals surface area (Å²) in [5, 5.41) is 0. The second-order valence-electron chi connectivity index (χ2n) is 3.62. The zero-order valence-electron chi connectivity index (χ0n) is 9.56. The van der Waals surface area contributed by atoms with Crippen LogP contribution in [0.1, 0.15) is 12.0 Å². The van der Waals surface area contributed by atoms with Gasteiger partial charge in [-0.15, -0.1) is 0 Å². The molecule has 1 aromatic carbocycles. The normalized spacial score (nSPS) is 11.4. The van der Waals surface area contributed by atoms with Crippen LogP contribution in [0.15, 0.2) is 24.3 Å². The Bertz CT molecular complexity index is 429. The van der Waals surface area contributed by atoms with E-state index in [0.29, 0.717) is 6.54 Å². The van der Waals surface area contributed by atoms with Crippen LogP contribution in [0.3, 0.4) is 0 Å². The van der Waals surface area contributed by atoms with Crippen LogP contribution in [0, 0.1) is 0 Å². The van der Waals surface area contributed by atoms with Crippen LogP contribution in [-0.4, -0.2) is 28.3 Å². The van der Waals surface area contributed by atoms with Gasteiger partial charge < -0.3 is 4.74 Å². The topological polar surface area (TPSA) is 55.4 Å². The molecule has 1 aromatic rings. The second-order valence-corrected chi connectivity index (χ2v) is 5.45. The summed E-state index contributed by atoms with van der Waals surface area (Å²) in [5.41, 5.74) is 1.15. The van der Waals surface area contributed by atoms with Gasteiger partial charge in [-0.3, -0.25) is 0 Å². The smallest absolute Gasteiger partial charge is 0.208 e. The van der Waals surface area contributed by atoms with E-state index in [1.165, 1.54) is 6.26 Å². The third-order valence-electron chi connectivity index (χ3n) is 2.14. The van der Waals surface area contributed by atoms with E-state index in [0.717, 1.165) is 24.2 Å². The largest absolute Gasteiger partial charge is 0.497 e. The number of nitrogens with one attached hydrogen (secondary N) is 1. The zero-order chi connectivity index (χ0) is 12.0.